The zero-order valence-electron chi connectivity index (χ0n) is 17.2. The minimum absolute atomic E-state index is 0. The zero-order chi connectivity index (χ0) is 19.9. The van der Waals surface area contributed by atoms with E-state index >= 15 is 0 Å². The van der Waals surface area contributed by atoms with Crippen LogP contribution in [0.5, 0.6) is 0 Å². The Morgan fingerprint density at radius 1 is 0.731 bits per heavy atom. The lowest BCUT2D eigenvalue weighted by molar-refractivity contribution is -0.153. The van der Waals surface area contributed by atoms with Crippen molar-refractivity contribution >= 4 is 30.2 Å². The highest BCUT2D eigenvalue weighted by molar-refractivity contribution is 5.92. The van der Waals surface area contributed by atoms with Crippen LogP contribution in [0.4, 0.5) is 0 Å². The second-order valence-electron chi connectivity index (χ2n) is 7.72. The molecule has 0 fully saturated rings. The maximum absolute atomic E-state index is 12.6. The quantitative estimate of drug-likeness (QED) is 0.515. The predicted molar refractivity (Wildman–Crippen MR) is 105 cm³/mol. The van der Waals surface area contributed by atoms with Crippen LogP contribution in [0.3, 0.4) is 0 Å². The van der Waals surface area contributed by atoms with Crippen LogP contribution in [0.25, 0.3) is 0 Å². The largest absolute Gasteiger partial charge is 0.461 e. The summed E-state index contributed by atoms with van der Waals surface area (Å²) in [4.78, 5) is 37.0. The van der Waals surface area contributed by atoms with Crippen molar-refractivity contribution in [3.8, 4) is 0 Å². The Morgan fingerprint density at radius 2 is 1.15 bits per heavy atom. The summed E-state index contributed by atoms with van der Waals surface area (Å²) in [6.07, 6.45) is -0.268. The SMILES string of the molecule is CC(C)OC(=O)[C@@H](NC(=O)[C@@H](NC(=O)[C@@H](N)C(C)C)C(C)C)C(C)C.Cl. The van der Waals surface area contributed by atoms with E-state index in [1.807, 2.05) is 41.5 Å². The second kappa shape index (κ2) is 12.1. The Hall–Kier alpha value is -1.34. The normalized spacial score (nSPS) is 14.7. The summed E-state index contributed by atoms with van der Waals surface area (Å²) >= 11 is 0. The van der Waals surface area contributed by atoms with Crippen molar-refractivity contribution in [2.45, 2.75) is 79.6 Å². The second-order valence-corrected chi connectivity index (χ2v) is 7.72. The summed E-state index contributed by atoms with van der Waals surface area (Å²) in [5, 5.41) is 5.40. The van der Waals surface area contributed by atoms with E-state index in [0.29, 0.717) is 0 Å². The van der Waals surface area contributed by atoms with Gasteiger partial charge in [0.25, 0.3) is 0 Å². The third-order valence-corrected chi connectivity index (χ3v) is 3.84. The molecule has 0 aromatic heterocycles. The predicted octanol–water partition coefficient (Wildman–Crippen LogP) is 1.62. The molecule has 0 saturated carbocycles. The number of nitrogens with two attached hydrogens (primary N) is 1. The maximum Gasteiger partial charge on any atom is 0.329 e. The van der Waals surface area contributed by atoms with E-state index in [4.69, 9.17) is 10.5 Å². The number of carbonyl (C=O) groups is 3. The van der Waals surface area contributed by atoms with Gasteiger partial charge in [-0.1, -0.05) is 41.5 Å². The van der Waals surface area contributed by atoms with E-state index in [0.717, 1.165) is 0 Å². The molecule has 2 amide bonds. The third kappa shape index (κ3) is 8.85. The van der Waals surface area contributed by atoms with Gasteiger partial charge in [0.15, 0.2) is 0 Å². The van der Waals surface area contributed by atoms with Gasteiger partial charge in [-0.25, -0.2) is 4.79 Å². The molecule has 0 radical (unpaired) electrons. The van der Waals surface area contributed by atoms with Crippen molar-refractivity contribution in [1.29, 1.82) is 0 Å². The Balaban J connectivity index is 0. The number of nitrogens with one attached hydrogen (secondary N) is 2. The summed E-state index contributed by atoms with van der Waals surface area (Å²) in [5.74, 6) is -1.62. The zero-order valence-corrected chi connectivity index (χ0v) is 18.0. The lowest BCUT2D eigenvalue weighted by Crippen LogP contribution is -2.58. The van der Waals surface area contributed by atoms with E-state index in [9.17, 15) is 14.4 Å². The molecule has 0 spiro atoms. The first-order valence-corrected chi connectivity index (χ1v) is 8.95. The number of hydrogen-bond donors (Lipinski definition) is 3. The van der Waals surface area contributed by atoms with Crippen LogP contribution in [-0.4, -0.2) is 42.0 Å². The Morgan fingerprint density at radius 3 is 1.50 bits per heavy atom. The van der Waals surface area contributed by atoms with Crippen LogP contribution < -0.4 is 16.4 Å². The summed E-state index contributed by atoms with van der Waals surface area (Å²) in [7, 11) is 0. The van der Waals surface area contributed by atoms with Gasteiger partial charge in [0.2, 0.25) is 11.8 Å². The van der Waals surface area contributed by atoms with Gasteiger partial charge in [-0.2, -0.15) is 0 Å². The standard InChI is InChI=1S/C18H35N3O4.ClH/c1-9(2)13(19)16(22)20-14(10(3)4)17(23)21-15(11(5)6)18(24)25-12(7)8;/h9-15H,19H2,1-8H3,(H,20,22)(H,21,23);1H/t13-,14-,15-;/m0./s1. The van der Waals surface area contributed by atoms with Crippen LogP contribution in [0.1, 0.15) is 55.4 Å². The van der Waals surface area contributed by atoms with Crippen molar-refractivity contribution in [2.75, 3.05) is 0 Å². The molecule has 0 aliphatic rings. The fraction of sp³-hybridized carbons (Fsp3) is 0.833. The molecule has 0 heterocycles. The highest BCUT2D eigenvalue weighted by atomic mass is 35.5. The maximum atomic E-state index is 12.6. The molecule has 0 unspecified atom stereocenters. The Kier molecular flexibility index (Phi) is 12.5. The van der Waals surface area contributed by atoms with E-state index in [-0.39, 0.29) is 42.2 Å². The minimum atomic E-state index is -0.773. The molecule has 154 valence electrons. The number of rotatable bonds is 9. The smallest absolute Gasteiger partial charge is 0.329 e. The van der Waals surface area contributed by atoms with Crippen molar-refractivity contribution in [2.24, 2.45) is 23.5 Å². The summed E-state index contributed by atoms with van der Waals surface area (Å²) in [6, 6.07) is -2.24. The van der Waals surface area contributed by atoms with Gasteiger partial charge in [0.05, 0.1) is 12.1 Å². The third-order valence-electron chi connectivity index (χ3n) is 3.84. The minimum Gasteiger partial charge on any atom is -0.461 e. The first-order chi connectivity index (χ1) is 11.4. The molecule has 3 atom stereocenters. The topological polar surface area (TPSA) is 111 Å². The molecule has 26 heavy (non-hydrogen) atoms. The number of halogens is 1. The lowest BCUT2D eigenvalue weighted by Gasteiger charge is -2.28. The molecule has 0 saturated heterocycles. The van der Waals surface area contributed by atoms with Gasteiger partial charge < -0.3 is 21.1 Å². The number of esters is 1. The summed E-state index contributed by atoms with van der Waals surface area (Å²) in [6.45, 7) is 14.5. The van der Waals surface area contributed by atoms with E-state index in [1.54, 1.807) is 13.8 Å². The van der Waals surface area contributed by atoms with Gasteiger partial charge in [-0.15, -0.1) is 12.4 Å². The molecular weight excluding hydrogens is 358 g/mol. The van der Waals surface area contributed by atoms with Gasteiger partial charge in [0, 0.05) is 0 Å². The summed E-state index contributed by atoms with van der Waals surface area (Å²) in [5.41, 5.74) is 5.84. The fourth-order valence-electron chi connectivity index (χ4n) is 2.13. The highest BCUT2D eigenvalue weighted by Crippen LogP contribution is 2.09. The lowest BCUT2D eigenvalue weighted by atomic mass is 9.98. The van der Waals surface area contributed by atoms with E-state index < -0.39 is 30.0 Å². The molecule has 0 aromatic carbocycles. The monoisotopic (exact) mass is 393 g/mol. The number of hydrogen-bond acceptors (Lipinski definition) is 5. The number of amides is 2. The first kappa shape index (κ1) is 26.9. The average Bonchev–Trinajstić information content (AvgIpc) is 2.47. The van der Waals surface area contributed by atoms with Crippen molar-refractivity contribution in [3.63, 3.8) is 0 Å². The number of ether oxygens (including phenoxy) is 1. The van der Waals surface area contributed by atoms with Crippen LogP contribution in [0.15, 0.2) is 0 Å². The molecule has 0 aliphatic heterocycles. The van der Waals surface area contributed by atoms with Gasteiger partial charge in [0.1, 0.15) is 12.1 Å². The molecule has 0 rings (SSSR count). The average molecular weight is 394 g/mol. The first-order valence-electron chi connectivity index (χ1n) is 8.95. The fourth-order valence-corrected chi connectivity index (χ4v) is 2.13. The molecule has 7 nitrogen and oxygen atoms in total. The van der Waals surface area contributed by atoms with Crippen molar-refractivity contribution in [1.82, 2.24) is 10.6 Å². The van der Waals surface area contributed by atoms with Gasteiger partial charge in [-0.05, 0) is 31.6 Å². The van der Waals surface area contributed by atoms with Crippen LogP contribution >= 0.6 is 12.4 Å². The van der Waals surface area contributed by atoms with Crippen molar-refractivity contribution < 1.29 is 19.1 Å². The molecule has 0 bridgehead atoms. The van der Waals surface area contributed by atoms with Crippen LogP contribution in [-0.2, 0) is 19.1 Å². The molecule has 0 aromatic rings. The molecular formula is C18H36ClN3O4. The molecule has 4 N–H and O–H groups in total. The van der Waals surface area contributed by atoms with Crippen LogP contribution in [0, 0.1) is 17.8 Å². The number of carbonyl (C=O) groups excluding carboxylic acids is 3. The van der Waals surface area contributed by atoms with E-state index in [1.165, 1.54) is 0 Å². The Labute approximate surface area is 163 Å². The Bertz CT molecular complexity index is 467. The highest BCUT2D eigenvalue weighted by Gasteiger charge is 2.32. The van der Waals surface area contributed by atoms with Gasteiger partial charge in [-0.3, -0.25) is 9.59 Å². The van der Waals surface area contributed by atoms with Crippen molar-refractivity contribution in [3.05, 3.63) is 0 Å². The van der Waals surface area contributed by atoms with Gasteiger partial charge >= 0.3 is 5.97 Å². The van der Waals surface area contributed by atoms with E-state index in [2.05, 4.69) is 10.6 Å². The molecule has 0 aliphatic carbocycles. The molecule has 8 heteroatoms. The summed E-state index contributed by atoms with van der Waals surface area (Å²) < 4.78 is 5.20. The van der Waals surface area contributed by atoms with Crippen LogP contribution in [0.2, 0.25) is 0 Å².